The topological polar surface area (TPSA) is 78.5 Å². The quantitative estimate of drug-likeness (QED) is 0.889. The van der Waals surface area contributed by atoms with Gasteiger partial charge in [0, 0.05) is 37.0 Å². The number of anilines is 3. The van der Waals surface area contributed by atoms with Gasteiger partial charge in [0.05, 0.1) is 5.92 Å². The van der Waals surface area contributed by atoms with Gasteiger partial charge in [-0.2, -0.15) is 0 Å². The van der Waals surface area contributed by atoms with Crippen LogP contribution in [0.25, 0.3) is 0 Å². The first-order chi connectivity index (χ1) is 12.4. The number of rotatable bonds is 4. The van der Waals surface area contributed by atoms with Gasteiger partial charge in [0.15, 0.2) is 0 Å². The standard InChI is InChI=1S/C20H21N3O3/c1-13-8-9-16(11-18(13)21-14(2)24)22-20(26)15-10-19(25)23(12-15)17-6-4-3-5-7-17/h3-9,11,15H,10,12H2,1-2H3,(H,21,24)(H,22,26). The van der Waals surface area contributed by atoms with Crippen molar-refractivity contribution in [3.05, 3.63) is 54.1 Å². The Morgan fingerprint density at radius 1 is 1.08 bits per heavy atom. The highest BCUT2D eigenvalue weighted by Gasteiger charge is 2.35. The molecule has 1 unspecified atom stereocenters. The molecule has 6 nitrogen and oxygen atoms in total. The molecule has 1 aliphatic rings. The molecule has 2 aromatic rings. The molecule has 0 bridgehead atoms. The van der Waals surface area contributed by atoms with Crippen LogP contribution in [-0.4, -0.2) is 24.3 Å². The zero-order valence-corrected chi connectivity index (χ0v) is 14.8. The smallest absolute Gasteiger partial charge is 0.229 e. The number of hydrogen-bond acceptors (Lipinski definition) is 3. The summed E-state index contributed by atoms with van der Waals surface area (Å²) in [6.45, 7) is 3.68. The molecule has 1 aliphatic heterocycles. The van der Waals surface area contributed by atoms with Crippen LogP contribution in [0.15, 0.2) is 48.5 Å². The molecule has 0 aromatic heterocycles. The van der Waals surface area contributed by atoms with E-state index in [1.54, 1.807) is 17.0 Å². The maximum atomic E-state index is 12.6. The summed E-state index contributed by atoms with van der Waals surface area (Å²) in [6, 6.07) is 14.7. The molecule has 2 N–H and O–H groups in total. The summed E-state index contributed by atoms with van der Waals surface area (Å²) in [4.78, 5) is 37.8. The molecule has 26 heavy (non-hydrogen) atoms. The van der Waals surface area contributed by atoms with Crippen molar-refractivity contribution in [2.24, 2.45) is 5.92 Å². The first kappa shape index (κ1) is 17.7. The van der Waals surface area contributed by atoms with Gasteiger partial charge in [-0.1, -0.05) is 24.3 Å². The van der Waals surface area contributed by atoms with Crippen LogP contribution in [0.2, 0.25) is 0 Å². The normalized spacial score (nSPS) is 16.5. The second kappa shape index (κ2) is 7.39. The van der Waals surface area contributed by atoms with Crippen molar-refractivity contribution in [1.29, 1.82) is 0 Å². The fraction of sp³-hybridized carbons (Fsp3) is 0.250. The molecule has 2 aromatic carbocycles. The van der Waals surface area contributed by atoms with Gasteiger partial charge in [0.2, 0.25) is 17.7 Å². The second-order valence-electron chi connectivity index (χ2n) is 6.44. The zero-order valence-electron chi connectivity index (χ0n) is 14.8. The van der Waals surface area contributed by atoms with E-state index in [0.717, 1.165) is 11.3 Å². The molecule has 0 radical (unpaired) electrons. The maximum Gasteiger partial charge on any atom is 0.229 e. The Bertz CT molecular complexity index is 849. The monoisotopic (exact) mass is 351 g/mol. The third kappa shape index (κ3) is 3.91. The lowest BCUT2D eigenvalue weighted by atomic mass is 10.1. The van der Waals surface area contributed by atoms with Crippen molar-refractivity contribution in [3.8, 4) is 0 Å². The number of carbonyl (C=O) groups excluding carboxylic acids is 3. The summed E-state index contributed by atoms with van der Waals surface area (Å²) in [7, 11) is 0. The molecule has 0 spiro atoms. The van der Waals surface area contributed by atoms with Crippen LogP contribution in [0.3, 0.4) is 0 Å². The van der Waals surface area contributed by atoms with E-state index in [0.29, 0.717) is 17.9 Å². The van der Waals surface area contributed by atoms with Crippen molar-refractivity contribution in [1.82, 2.24) is 0 Å². The molecule has 3 rings (SSSR count). The van der Waals surface area contributed by atoms with Gasteiger partial charge >= 0.3 is 0 Å². The summed E-state index contributed by atoms with van der Waals surface area (Å²) in [5.74, 6) is -0.835. The van der Waals surface area contributed by atoms with Crippen molar-refractivity contribution >= 4 is 34.8 Å². The summed E-state index contributed by atoms with van der Waals surface area (Å²) >= 11 is 0. The molecule has 3 amide bonds. The Hall–Kier alpha value is -3.15. The fourth-order valence-electron chi connectivity index (χ4n) is 3.01. The van der Waals surface area contributed by atoms with Gasteiger partial charge < -0.3 is 15.5 Å². The van der Waals surface area contributed by atoms with Crippen molar-refractivity contribution in [2.45, 2.75) is 20.3 Å². The Balaban J connectivity index is 1.69. The molecule has 134 valence electrons. The van der Waals surface area contributed by atoms with E-state index >= 15 is 0 Å². The largest absolute Gasteiger partial charge is 0.326 e. The zero-order chi connectivity index (χ0) is 18.7. The van der Waals surface area contributed by atoms with Crippen LogP contribution >= 0.6 is 0 Å². The number of aryl methyl sites for hydroxylation is 1. The lowest BCUT2D eigenvalue weighted by Crippen LogP contribution is -2.28. The highest BCUT2D eigenvalue weighted by molar-refractivity contribution is 6.03. The van der Waals surface area contributed by atoms with Gasteiger partial charge in [0.1, 0.15) is 0 Å². The lowest BCUT2D eigenvalue weighted by molar-refractivity contribution is -0.122. The van der Waals surface area contributed by atoms with Crippen LogP contribution < -0.4 is 15.5 Å². The van der Waals surface area contributed by atoms with Crippen molar-refractivity contribution in [3.63, 3.8) is 0 Å². The molecule has 1 atom stereocenters. The number of amides is 3. The minimum absolute atomic E-state index is 0.0563. The van der Waals surface area contributed by atoms with Gasteiger partial charge in [-0.25, -0.2) is 0 Å². The molecule has 6 heteroatoms. The van der Waals surface area contributed by atoms with E-state index in [-0.39, 0.29) is 24.1 Å². The Morgan fingerprint density at radius 2 is 1.81 bits per heavy atom. The van der Waals surface area contributed by atoms with Crippen LogP contribution in [0.1, 0.15) is 18.9 Å². The predicted octanol–water partition coefficient (Wildman–Crippen LogP) is 2.95. The number of nitrogens with zero attached hydrogens (tertiary/aromatic N) is 1. The number of carbonyl (C=O) groups is 3. The van der Waals surface area contributed by atoms with Crippen molar-refractivity contribution < 1.29 is 14.4 Å². The van der Waals surface area contributed by atoms with Gasteiger partial charge in [-0.3, -0.25) is 14.4 Å². The van der Waals surface area contributed by atoms with E-state index < -0.39 is 5.92 Å². The van der Waals surface area contributed by atoms with Crippen LogP contribution in [-0.2, 0) is 14.4 Å². The van der Waals surface area contributed by atoms with E-state index in [1.807, 2.05) is 43.3 Å². The molecular formula is C20H21N3O3. The lowest BCUT2D eigenvalue weighted by Gasteiger charge is -2.17. The van der Waals surface area contributed by atoms with E-state index in [2.05, 4.69) is 10.6 Å². The molecule has 1 saturated heterocycles. The average molecular weight is 351 g/mol. The van der Waals surface area contributed by atoms with Gasteiger partial charge in [-0.05, 0) is 36.8 Å². The third-order valence-corrected chi connectivity index (χ3v) is 4.38. The SMILES string of the molecule is CC(=O)Nc1cc(NC(=O)C2CC(=O)N(c3ccccc3)C2)ccc1C. The minimum Gasteiger partial charge on any atom is -0.326 e. The van der Waals surface area contributed by atoms with E-state index in [1.165, 1.54) is 6.92 Å². The average Bonchev–Trinajstić information content (AvgIpc) is 3.00. The number of nitrogens with one attached hydrogen (secondary N) is 2. The van der Waals surface area contributed by atoms with Gasteiger partial charge in [-0.15, -0.1) is 0 Å². The third-order valence-electron chi connectivity index (χ3n) is 4.38. The highest BCUT2D eigenvalue weighted by atomic mass is 16.2. The summed E-state index contributed by atoms with van der Waals surface area (Å²) < 4.78 is 0. The number of benzene rings is 2. The summed E-state index contributed by atoms with van der Waals surface area (Å²) in [5, 5.41) is 5.59. The summed E-state index contributed by atoms with van der Waals surface area (Å²) in [6.07, 6.45) is 0.186. The molecule has 1 heterocycles. The molecule has 1 fully saturated rings. The van der Waals surface area contributed by atoms with E-state index in [4.69, 9.17) is 0 Å². The van der Waals surface area contributed by atoms with E-state index in [9.17, 15) is 14.4 Å². The summed E-state index contributed by atoms with van der Waals surface area (Å²) in [5.41, 5.74) is 2.96. The first-order valence-corrected chi connectivity index (χ1v) is 8.48. The van der Waals surface area contributed by atoms with Crippen molar-refractivity contribution in [2.75, 3.05) is 22.1 Å². The van der Waals surface area contributed by atoms with Gasteiger partial charge in [0.25, 0.3) is 0 Å². The fourth-order valence-corrected chi connectivity index (χ4v) is 3.01. The Morgan fingerprint density at radius 3 is 2.50 bits per heavy atom. The first-order valence-electron chi connectivity index (χ1n) is 8.48. The second-order valence-corrected chi connectivity index (χ2v) is 6.44. The van der Waals surface area contributed by atoms with Crippen LogP contribution in [0.5, 0.6) is 0 Å². The van der Waals surface area contributed by atoms with Crippen LogP contribution in [0, 0.1) is 12.8 Å². The molecule has 0 aliphatic carbocycles. The minimum atomic E-state index is -0.409. The highest BCUT2D eigenvalue weighted by Crippen LogP contribution is 2.26. The number of para-hydroxylation sites is 1. The Kier molecular flexibility index (Phi) is 5.02. The molecule has 0 saturated carbocycles. The number of hydrogen-bond donors (Lipinski definition) is 2. The maximum absolute atomic E-state index is 12.6. The Labute approximate surface area is 152 Å². The van der Waals surface area contributed by atoms with Crippen LogP contribution in [0.4, 0.5) is 17.1 Å². The predicted molar refractivity (Wildman–Crippen MR) is 101 cm³/mol. The molecular weight excluding hydrogens is 330 g/mol.